The average Bonchev–Trinajstić information content (AvgIpc) is 2.84. The van der Waals surface area contributed by atoms with Gasteiger partial charge in [-0.3, -0.25) is 9.20 Å². The predicted molar refractivity (Wildman–Crippen MR) is 64.3 cm³/mol. The molecule has 0 saturated heterocycles. The number of aromatic hydroxyl groups is 1. The van der Waals surface area contributed by atoms with Gasteiger partial charge in [0, 0.05) is 18.2 Å². The second kappa shape index (κ2) is 3.87. The van der Waals surface area contributed by atoms with Crippen LogP contribution in [0.15, 0.2) is 29.2 Å². The first kappa shape index (κ1) is 10.3. The lowest BCUT2D eigenvalue weighted by molar-refractivity contribution is 0.476. The maximum atomic E-state index is 11.9. The van der Waals surface area contributed by atoms with Gasteiger partial charge in [0.2, 0.25) is 0 Å². The van der Waals surface area contributed by atoms with E-state index in [9.17, 15) is 9.90 Å². The van der Waals surface area contributed by atoms with E-state index in [1.807, 2.05) is 0 Å². The van der Waals surface area contributed by atoms with Gasteiger partial charge in [0.1, 0.15) is 0 Å². The van der Waals surface area contributed by atoms with Crippen molar-refractivity contribution in [3.05, 3.63) is 40.4 Å². The van der Waals surface area contributed by atoms with Crippen LogP contribution in [-0.2, 0) is 0 Å². The maximum absolute atomic E-state index is 11.9. The summed E-state index contributed by atoms with van der Waals surface area (Å²) in [5.41, 5.74) is 1.07. The highest BCUT2D eigenvalue weighted by molar-refractivity contribution is 5.52. The molecule has 0 atom stereocenters. The Morgan fingerprint density at radius 2 is 2.12 bits per heavy atom. The Morgan fingerprint density at radius 1 is 1.35 bits per heavy atom. The molecule has 0 unspecified atom stereocenters. The third kappa shape index (κ3) is 1.69. The van der Waals surface area contributed by atoms with Crippen LogP contribution in [0.4, 0.5) is 0 Å². The van der Waals surface area contributed by atoms with Crippen LogP contribution in [0.2, 0.25) is 0 Å². The number of hydrogen-bond donors (Lipinski definition) is 1. The Hall–Kier alpha value is -1.84. The summed E-state index contributed by atoms with van der Waals surface area (Å²) in [4.78, 5) is 16.4. The van der Waals surface area contributed by atoms with Crippen molar-refractivity contribution in [2.45, 2.75) is 31.6 Å². The second-order valence-electron chi connectivity index (χ2n) is 4.59. The zero-order valence-electron chi connectivity index (χ0n) is 9.47. The Labute approximate surface area is 98.6 Å². The standard InChI is InChI=1S/C13H14N2O2/c16-11-6-3-7-15-12(17)8-10(14-13(11)15)9-4-1-2-5-9/h3,6-9,16H,1-2,4-5H2. The minimum Gasteiger partial charge on any atom is -0.504 e. The van der Waals surface area contributed by atoms with E-state index in [4.69, 9.17) is 0 Å². The van der Waals surface area contributed by atoms with Crippen LogP contribution in [-0.4, -0.2) is 14.5 Å². The number of nitrogens with zero attached hydrogens (tertiary/aromatic N) is 2. The van der Waals surface area contributed by atoms with Gasteiger partial charge in [0.05, 0.1) is 5.69 Å². The molecule has 1 saturated carbocycles. The molecule has 2 heterocycles. The van der Waals surface area contributed by atoms with E-state index in [0.29, 0.717) is 11.6 Å². The van der Waals surface area contributed by atoms with Crippen molar-refractivity contribution in [2.75, 3.05) is 0 Å². The lowest BCUT2D eigenvalue weighted by Crippen LogP contribution is -2.16. The van der Waals surface area contributed by atoms with Gasteiger partial charge >= 0.3 is 0 Å². The molecule has 1 fully saturated rings. The fourth-order valence-corrected chi connectivity index (χ4v) is 2.56. The molecule has 3 rings (SSSR count). The average molecular weight is 230 g/mol. The molecule has 4 heteroatoms. The largest absolute Gasteiger partial charge is 0.504 e. The van der Waals surface area contributed by atoms with E-state index in [1.54, 1.807) is 24.4 Å². The Morgan fingerprint density at radius 3 is 2.88 bits per heavy atom. The fraction of sp³-hybridized carbons (Fsp3) is 0.385. The van der Waals surface area contributed by atoms with Gasteiger partial charge in [0.25, 0.3) is 5.56 Å². The van der Waals surface area contributed by atoms with Crippen molar-refractivity contribution in [1.82, 2.24) is 9.38 Å². The van der Waals surface area contributed by atoms with E-state index < -0.39 is 0 Å². The zero-order valence-corrected chi connectivity index (χ0v) is 9.47. The van der Waals surface area contributed by atoms with Crippen LogP contribution >= 0.6 is 0 Å². The van der Waals surface area contributed by atoms with Crippen molar-refractivity contribution in [3.63, 3.8) is 0 Å². The Kier molecular flexibility index (Phi) is 2.35. The molecule has 0 radical (unpaired) electrons. The molecule has 0 aliphatic heterocycles. The first-order chi connectivity index (χ1) is 8.25. The second-order valence-corrected chi connectivity index (χ2v) is 4.59. The summed E-state index contributed by atoms with van der Waals surface area (Å²) in [5, 5.41) is 9.74. The summed E-state index contributed by atoms with van der Waals surface area (Å²) in [6, 6.07) is 4.79. The van der Waals surface area contributed by atoms with E-state index >= 15 is 0 Å². The number of hydrogen-bond acceptors (Lipinski definition) is 3. The molecule has 0 aromatic carbocycles. The number of pyridine rings is 1. The molecule has 4 nitrogen and oxygen atoms in total. The van der Waals surface area contributed by atoms with E-state index in [2.05, 4.69) is 4.98 Å². The van der Waals surface area contributed by atoms with Crippen molar-refractivity contribution < 1.29 is 5.11 Å². The Balaban J connectivity index is 2.22. The minimum atomic E-state index is -0.118. The van der Waals surface area contributed by atoms with Crippen LogP contribution in [0.1, 0.15) is 37.3 Å². The monoisotopic (exact) mass is 230 g/mol. The summed E-state index contributed by atoms with van der Waals surface area (Å²) in [6.45, 7) is 0. The van der Waals surface area contributed by atoms with Gasteiger partial charge in [-0.05, 0) is 25.0 Å². The van der Waals surface area contributed by atoms with Crippen LogP contribution in [0.3, 0.4) is 0 Å². The topological polar surface area (TPSA) is 54.6 Å². The summed E-state index contributed by atoms with van der Waals surface area (Å²) in [6.07, 6.45) is 6.22. The van der Waals surface area contributed by atoms with Crippen molar-refractivity contribution in [3.8, 4) is 5.75 Å². The molecular weight excluding hydrogens is 216 g/mol. The van der Waals surface area contributed by atoms with Crippen LogP contribution in [0.5, 0.6) is 5.75 Å². The van der Waals surface area contributed by atoms with Gasteiger partial charge in [0.15, 0.2) is 11.4 Å². The molecule has 1 aliphatic carbocycles. The van der Waals surface area contributed by atoms with Crippen molar-refractivity contribution >= 4 is 5.65 Å². The number of aromatic nitrogens is 2. The first-order valence-electron chi connectivity index (χ1n) is 5.97. The van der Waals surface area contributed by atoms with E-state index in [0.717, 1.165) is 18.5 Å². The van der Waals surface area contributed by atoms with Gasteiger partial charge in [-0.1, -0.05) is 12.8 Å². The summed E-state index contributed by atoms with van der Waals surface area (Å²) in [5.74, 6) is 0.441. The number of fused-ring (bicyclic) bond motifs is 1. The van der Waals surface area contributed by atoms with Crippen molar-refractivity contribution in [1.29, 1.82) is 0 Å². The minimum absolute atomic E-state index is 0.0597. The van der Waals surface area contributed by atoms with Gasteiger partial charge in [-0.15, -0.1) is 0 Å². The van der Waals surface area contributed by atoms with Crippen LogP contribution in [0.25, 0.3) is 5.65 Å². The molecular formula is C13H14N2O2. The predicted octanol–water partition coefficient (Wildman–Crippen LogP) is 2.06. The summed E-state index contributed by atoms with van der Waals surface area (Å²) in [7, 11) is 0. The highest BCUT2D eigenvalue weighted by atomic mass is 16.3. The summed E-state index contributed by atoms with van der Waals surface area (Å²) < 4.78 is 1.38. The molecule has 0 bridgehead atoms. The molecule has 0 spiro atoms. The van der Waals surface area contributed by atoms with Gasteiger partial charge in [-0.2, -0.15) is 0 Å². The first-order valence-corrected chi connectivity index (χ1v) is 5.97. The van der Waals surface area contributed by atoms with Crippen LogP contribution in [0, 0.1) is 0 Å². The Bertz CT molecular complexity index is 612. The molecule has 1 N–H and O–H groups in total. The molecule has 2 aromatic heterocycles. The van der Waals surface area contributed by atoms with E-state index in [-0.39, 0.29) is 11.3 Å². The molecule has 88 valence electrons. The third-order valence-corrected chi connectivity index (χ3v) is 3.46. The quantitative estimate of drug-likeness (QED) is 0.815. The van der Waals surface area contributed by atoms with E-state index in [1.165, 1.54) is 17.2 Å². The highest BCUT2D eigenvalue weighted by Crippen LogP contribution is 2.32. The van der Waals surface area contributed by atoms with Crippen molar-refractivity contribution in [2.24, 2.45) is 0 Å². The molecule has 1 aliphatic rings. The summed E-state index contributed by atoms with van der Waals surface area (Å²) >= 11 is 0. The number of rotatable bonds is 1. The zero-order chi connectivity index (χ0) is 11.8. The molecule has 17 heavy (non-hydrogen) atoms. The van der Waals surface area contributed by atoms with Gasteiger partial charge < -0.3 is 5.11 Å². The lowest BCUT2D eigenvalue weighted by Gasteiger charge is -2.09. The molecule has 0 amide bonds. The lowest BCUT2D eigenvalue weighted by atomic mass is 10.0. The van der Waals surface area contributed by atoms with Gasteiger partial charge in [-0.25, -0.2) is 4.98 Å². The third-order valence-electron chi connectivity index (χ3n) is 3.46. The SMILES string of the molecule is O=c1cc(C2CCCC2)nc2c(O)cccn12. The highest BCUT2D eigenvalue weighted by Gasteiger charge is 2.19. The van der Waals surface area contributed by atoms with Crippen LogP contribution < -0.4 is 5.56 Å². The maximum Gasteiger partial charge on any atom is 0.258 e. The molecule has 2 aromatic rings. The smallest absolute Gasteiger partial charge is 0.258 e. The normalized spacial score (nSPS) is 16.7. The fourth-order valence-electron chi connectivity index (χ4n) is 2.56.